The summed E-state index contributed by atoms with van der Waals surface area (Å²) in [6.07, 6.45) is 2.86. The molecule has 6 unspecified atom stereocenters. The van der Waals surface area contributed by atoms with Crippen LogP contribution in [0.2, 0.25) is 0 Å². The molecular weight excluding hydrogens is 160 g/mol. The highest BCUT2D eigenvalue weighted by atomic mass is 32.1. The van der Waals surface area contributed by atoms with Crippen LogP contribution in [0.5, 0.6) is 0 Å². The quantitative estimate of drug-likeness (QED) is 0.512. The van der Waals surface area contributed by atoms with Gasteiger partial charge in [0.05, 0.1) is 0 Å². The van der Waals surface area contributed by atoms with Gasteiger partial charge in [-0.05, 0) is 36.5 Å². The van der Waals surface area contributed by atoms with Crippen LogP contribution >= 0.6 is 25.3 Å². The molecule has 0 aromatic carbocycles. The van der Waals surface area contributed by atoms with Crippen molar-refractivity contribution in [2.45, 2.75) is 23.3 Å². The molecule has 3 fully saturated rings. The SMILES string of the molecule is SC1CC2C3CC3C(S)C12. The highest BCUT2D eigenvalue weighted by molar-refractivity contribution is 7.82. The largest absolute Gasteiger partial charge is 0.176 e. The average Bonchev–Trinajstić information content (AvgIpc) is 2.56. The maximum atomic E-state index is 4.64. The van der Waals surface area contributed by atoms with E-state index < -0.39 is 0 Å². The molecule has 0 saturated heterocycles. The van der Waals surface area contributed by atoms with E-state index in [9.17, 15) is 0 Å². The summed E-state index contributed by atoms with van der Waals surface area (Å²) in [5, 5.41) is 1.41. The first kappa shape index (κ1) is 6.24. The minimum atomic E-state index is 0.695. The molecule has 0 N–H and O–H groups in total. The lowest BCUT2D eigenvalue weighted by atomic mass is 9.72. The fourth-order valence-electron chi connectivity index (χ4n) is 3.03. The van der Waals surface area contributed by atoms with Crippen LogP contribution in [-0.2, 0) is 0 Å². The van der Waals surface area contributed by atoms with Gasteiger partial charge in [-0.2, -0.15) is 25.3 Å². The molecule has 0 nitrogen and oxygen atoms in total. The van der Waals surface area contributed by atoms with Gasteiger partial charge >= 0.3 is 0 Å². The summed E-state index contributed by atoms with van der Waals surface area (Å²) in [4.78, 5) is 0. The average molecular weight is 172 g/mol. The maximum Gasteiger partial charge on any atom is 0.00894 e. The van der Waals surface area contributed by atoms with E-state index in [1.165, 1.54) is 12.8 Å². The zero-order valence-electron chi connectivity index (χ0n) is 5.77. The standard InChI is InChI=1S/C8H12S2/c9-6-2-4-3-1-5(3)8(10)7(4)6/h3-10H,1-2H2. The van der Waals surface area contributed by atoms with Gasteiger partial charge in [0.15, 0.2) is 0 Å². The molecule has 2 heteroatoms. The Balaban J connectivity index is 1.88. The van der Waals surface area contributed by atoms with Gasteiger partial charge in [0.2, 0.25) is 0 Å². The van der Waals surface area contributed by atoms with Crippen LogP contribution in [0.25, 0.3) is 0 Å². The van der Waals surface area contributed by atoms with Crippen LogP contribution in [0.4, 0.5) is 0 Å². The lowest BCUT2D eigenvalue weighted by Gasteiger charge is -2.41. The monoisotopic (exact) mass is 172 g/mol. The Morgan fingerprint density at radius 1 is 0.900 bits per heavy atom. The second kappa shape index (κ2) is 1.71. The molecule has 0 aliphatic heterocycles. The predicted octanol–water partition coefficient (Wildman–Crippen LogP) is 1.87. The van der Waals surface area contributed by atoms with E-state index in [1.54, 1.807) is 0 Å². The Morgan fingerprint density at radius 2 is 1.70 bits per heavy atom. The van der Waals surface area contributed by atoms with Crippen molar-refractivity contribution >= 4 is 25.3 Å². The van der Waals surface area contributed by atoms with Crippen LogP contribution in [0, 0.1) is 23.7 Å². The molecule has 3 saturated carbocycles. The maximum absolute atomic E-state index is 4.64. The van der Waals surface area contributed by atoms with E-state index in [2.05, 4.69) is 25.3 Å². The molecule has 10 heavy (non-hydrogen) atoms. The van der Waals surface area contributed by atoms with Crippen molar-refractivity contribution in [3.8, 4) is 0 Å². The molecule has 0 aromatic heterocycles. The van der Waals surface area contributed by atoms with E-state index in [1.807, 2.05) is 0 Å². The van der Waals surface area contributed by atoms with Crippen molar-refractivity contribution in [3.63, 3.8) is 0 Å². The highest BCUT2D eigenvalue weighted by Gasteiger charge is 2.64. The van der Waals surface area contributed by atoms with Gasteiger partial charge in [0, 0.05) is 10.5 Å². The molecule has 0 aromatic rings. The van der Waals surface area contributed by atoms with Crippen LogP contribution in [0.3, 0.4) is 0 Å². The summed E-state index contributed by atoms with van der Waals surface area (Å²) in [6.45, 7) is 0. The van der Waals surface area contributed by atoms with Crippen molar-refractivity contribution in [1.82, 2.24) is 0 Å². The summed E-state index contributed by atoms with van der Waals surface area (Å²) in [6, 6.07) is 0. The zero-order valence-corrected chi connectivity index (χ0v) is 7.56. The van der Waals surface area contributed by atoms with Crippen molar-refractivity contribution in [1.29, 1.82) is 0 Å². The number of thiol groups is 2. The molecular formula is C8H12S2. The second-order valence-electron chi connectivity index (χ2n) is 4.10. The van der Waals surface area contributed by atoms with Gasteiger partial charge in [-0.25, -0.2) is 0 Å². The Hall–Kier alpha value is 0.700. The first-order chi connectivity index (χ1) is 4.79. The topological polar surface area (TPSA) is 0 Å². The van der Waals surface area contributed by atoms with Crippen molar-refractivity contribution < 1.29 is 0 Å². The predicted molar refractivity (Wildman–Crippen MR) is 48.7 cm³/mol. The summed E-state index contributed by atoms with van der Waals surface area (Å²) < 4.78 is 0. The molecule has 0 radical (unpaired) electrons. The molecule has 56 valence electrons. The lowest BCUT2D eigenvalue weighted by Crippen LogP contribution is -2.40. The van der Waals surface area contributed by atoms with Crippen molar-refractivity contribution in [2.24, 2.45) is 23.7 Å². The van der Waals surface area contributed by atoms with Crippen molar-refractivity contribution in [3.05, 3.63) is 0 Å². The number of fused-ring (bicyclic) bond motifs is 3. The molecule has 3 aliphatic carbocycles. The van der Waals surface area contributed by atoms with E-state index >= 15 is 0 Å². The smallest absolute Gasteiger partial charge is 0.00894 e. The van der Waals surface area contributed by atoms with Crippen LogP contribution in [0.15, 0.2) is 0 Å². The van der Waals surface area contributed by atoms with Gasteiger partial charge < -0.3 is 0 Å². The first-order valence-corrected chi connectivity index (χ1v) is 5.18. The number of hydrogen-bond donors (Lipinski definition) is 2. The summed E-state index contributed by atoms with van der Waals surface area (Å²) in [5.41, 5.74) is 0. The Labute approximate surface area is 72.6 Å². The lowest BCUT2D eigenvalue weighted by molar-refractivity contribution is 0.201. The third kappa shape index (κ3) is 0.547. The van der Waals surface area contributed by atoms with Gasteiger partial charge in [-0.1, -0.05) is 0 Å². The van der Waals surface area contributed by atoms with E-state index in [4.69, 9.17) is 0 Å². The van der Waals surface area contributed by atoms with Crippen LogP contribution in [0.1, 0.15) is 12.8 Å². The van der Waals surface area contributed by atoms with Crippen LogP contribution in [-0.4, -0.2) is 10.5 Å². The molecule has 6 atom stereocenters. The third-order valence-corrected chi connectivity index (χ3v) is 5.01. The fraction of sp³-hybridized carbons (Fsp3) is 1.00. The summed E-state index contributed by atoms with van der Waals surface area (Å²) in [7, 11) is 0. The molecule has 0 amide bonds. The van der Waals surface area contributed by atoms with Gasteiger partial charge in [-0.15, -0.1) is 0 Å². The Morgan fingerprint density at radius 3 is 2.20 bits per heavy atom. The van der Waals surface area contributed by atoms with E-state index in [-0.39, 0.29) is 0 Å². The normalized spacial score (nSPS) is 70.2. The Kier molecular flexibility index (Phi) is 1.07. The van der Waals surface area contributed by atoms with Crippen LogP contribution < -0.4 is 0 Å². The molecule has 3 aliphatic rings. The number of rotatable bonds is 0. The minimum absolute atomic E-state index is 0.695. The van der Waals surface area contributed by atoms with Gasteiger partial charge in [0.1, 0.15) is 0 Å². The molecule has 0 bridgehead atoms. The van der Waals surface area contributed by atoms with Gasteiger partial charge in [-0.3, -0.25) is 0 Å². The Bertz CT molecular complexity index is 170. The molecule has 0 heterocycles. The van der Waals surface area contributed by atoms with Gasteiger partial charge in [0.25, 0.3) is 0 Å². The minimum Gasteiger partial charge on any atom is -0.176 e. The summed E-state index contributed by atoms with van der Waals surface area (Å²) in [5.74, 6) is 4.00. The second-order valence-corrected chi connectivity index (χ2v) is 5.36. The van der Waals surface area contributed by atoms with E-state index in [0.717, 1.165) is 23.7 Å². The first-order valence-electron chi connectivity index (χ1n) is 4.15. The number of hydrogen-bond acceptors (Lipinski definition) is 2. The summed E-state index contributed by atoms with van der Waals surface area (Å²) >= 11 is 9.18. The van der Waals surface area contributed by atoms with E-state index in [0.29, 0.717) is 10.5 Å². The third-order valence-electron chi connectivity index (χ3n) is 3.73. The highest BCUT2D eigenvalue weighted by Crippen LogP contribution is 2.67. The zero-order chi connectivity index (χ0) is 6.88. The molecule has 0 spiro atoms. The van der Waals surface area contributed by atoms with Crippen molar-refractivity contribution in [2.75, 3.05) is 0 Å². The molecule has 3 rings (SSSR count). The fourth-order valence-corrected chi connectivity index (χ4v) is 4.59.